The molecule has 0 saturated heterocycles. The maximum absolute atomic E-state index is 10.8. The molecule has 1 aromatic heterocycles. The van der Waals surface area contributed by atoms with E-state index in [-0.39, 0.29) is 0 Å². The number of hydrogen-bond acceptors (Lipinski definition) is 3. The van der Waals surface area contributed by atoms with Crippen molar-refractivity contribution in [2.45, 2.75) is 6.92 Å². The number of hydrogen-bond donors (Lipinski definition) is 0. The molecule has 1 heterocycles. The minimum absolute atomic E-state index is 0.306. The fourth-order valence-electron chi connectivity index (χ4n) is 0.869. The third-order valence-electron chi connectivity index (χ3n) is 1.38. The van der Waals surface area contributed by atoms with E-state index in [1.165, 1.54) is 10.9 Å². The number of carbonyl (C=O) groups excluding carboxylic acids is 1. The van der Waals surface area contributed by atoms with E-state index < -0.39 is 5.24 Å². The molecule has 4 nitrogen and oxygen atoms in total. The van der Waals surface area contributed by atoms with Crippen molar-refractivity contribution in [1.82, 2.24) is 9.78 Å². The second kappa shape index (κ2) is 3.58. The first-order valence-electron chi connectivity index (χ1n) is 3.51. The van der Waals surface area contributed by atoms with Gasteiger partial charge < -0.3 is 4.74 Å². The van der Waals surface area contributed by atoms with Gasteiger partial charge in [-0.25, -0.2) is 4.68 Å². The Morgan fingerprint density at radius 1 is 1.83 bits per heavy atom. The van der Waals surface area contributed by atoms with Gasteiger partial charge in [-0.3, -0.25) is 4.79 Å². The fourth-order valence-corrected chi connectivity index (χ4v) is 0.999. The van der Waals surface area contributed by atoms with Crippen LogP contribution in [0.5, 0.6) is 5.88 Å². The van der Waals surface area contributed by atoms with Crippen molar-refractivity contribution in [1.29, 1.82) is 0 Å². The molecular weight excluding hydrogens is 180 g/mol. The highest BCUT2D eigenvalue weighted by Gasteiger charge is 2.14. The number of ether oxygens (including phenoxy) is 1. The van der Waals surface area contributed by atoms with E-state index in [2.05, 4.69) is 5.10 Å². The first-order chi connectivity index (χ1) is 5.66. The van der Waals surface area contributed by atoms with Gasteiger partial charge in [0.2, 0.25) is 5.88 Å². The molecule has 12 heavy (non-hydrogen) atoms. The lowest BCUT2D eigenvalue weighted by atomic mass is 10.4. The van der Waals surface area contributed by atoms with Crippen LogP contribution in [0.15, 0.2) is 6.20 Å². The first-order valence-corrected chi connectivity index (χ1v) is 3.89. The molecule has 0 aromatic carbocycles. The largest absolute Gasteiger partial charge is 0.478 e. The minimum atomic E-state index is -0.549. The smallest absolute Gasteiger partial charge is 0.259 e. The van der Waals surface area contributed by atoms with E-state index in [1.807, 2.05) is 6.92 Å². The predicted molar refractivity (Wildman–Crippen MR) is 44.6 cm³/mol. The number of aryl methyl sites for hydroxylation is 1. The van der Waals surface area contributed by atoms with Crippen LogP contribution in [0.3, 0.4) is 0 Å². The molecule has 0 aliphatic rings. The van der Waals surface area contributed by atoms with Gasteiger partial charge in [0.15, 0.2) is 0 Å². The molecular formula is C7H9ClN2O2. The van der Waals surface area contributed by atoms with Gasteiger partial charge in [0.25, 0.3) is 5.24 Å². The normalized spacial score (nSPS) is 9.92. The minimum Gasteiger partial charge on any atom is -0.478 e. The topological polar surface area (TPSA) is 44.1 Å². The first kappa shape index (κ1) is 9.06. The zero-order valence-corrected chi connectivity index (χ0v) is 7.63. The van der Waals surface area contributed by atoms with Gasteiger partial charge in [0.1, 0.15) is 5.56 Å². The van der Waals surface area contributed by atoms with E-state index in [0.29, 0.717) is 18.1 Å². The lowest BCUT2D eigenvalue weighted by Crippen LogP contribution is -2.02. The maximum Gasteiger partial charge on any atom is 0.259 e. The van der Waals surface area contributed by atoms with Gasteiger partial charge in [-0.05, 0) is 18.5 Å². The summed E-state index contributed by atoms with van der Waals surface area (Å²) in [5.41, 5.74) is 0.306. The second-order valence-electron chi connectivity index (χ2n) is 2.19. The van der Waals surface area contributed by atoms with Gasteiger partial charge in [0, 0.05) is 7.05 Å². The summed E-state index contributed by atoms with van der Waals surface area (Å²) in [4.78, 5) is 10.8. The van der Waals surface area contributed by atoms with Crippen LogP contribution in [0, 0.1) is 0 Å². The molecule has 0 aliphatic carbocycles. The number of nitrogens with zero attached hydrogens (tertiary/aromatic N) is 2. The Balaban J connectivity index is 3.03. The molecule has 0 bridgehead atoms. The molecule has 0 aliphatic heterocycles. The molecule has 0 saturated carbocycles. The lowest BCUT2D eigenvalue weighted by molar-refractivity contribution is 0.107. The van der Waals surface area contributed by atoms with Gasteiger partial charge in [-0.2, -0.15) is 5.10 Å². The fraction of sp³-hybridized carbons (Fsp3) is 0.429. The standard InChI is InChI=1S/C7H9ClN2O2/c1-3-12-7-5(6(8)11)4-9-10(7)2/h4H,3H2,1-2H3. The highest BCUT2D eigenvalue weighted by atomic mass is 35.5. The quantitative estimate of drug-likeness (QED) is 0.670. The van der Waals surface area contributed by atoms with Crippen molar-refractivity contribution >= 4 is 16.8 Å². The van der Waals surface area contributed by atoms with Crippen LogP contribution in [-0.4, -0.2) is 21.6 Å². The number of aromatic nitrogens is 2. The summed E-state index contributed by atoms with van der Waals surface area (Å²) in [5, 5.41) is 3.29. The Labute approximate surface area is 75.1 Å². The third kappa shape index (κ3) is 1.58. The Morgan fingerprint density at radius 3 is 3.00 bits per heavy atom. The number of halogens is 1. The number of rotatable bonds is 3. The van der Waals surface area contributed by atoms with E-state index >= 15 is 0 Å². The summed E-state index contributed by atoms with van der Waals surface area (Å²) < 4.78 is 6.64. The molecule has 0 N–H and O–H groups in total. The Bertz CT molecular complexity index is 296. The molecule has 0 radical (unpaired) electrons. The van der Waals surface area contributed by atoms with Crippen molar-refractivity contribution in [2.75, 3.05) is 6.61 Å². The number of carbonyl (C=O) groups is 1. The Kier molecular flexibility index (Phi) is 2.70. The van der Waals surface area contributed by atoms with Crippen LogP contribution in [0.4, 0.5) is 0 Å². The van der Waals surface area contributed by atoms with Crippen LogP contribution >= 0.6 is 11.6 Å². The molecule has 0 unspecified atom stereocenters. The van der Waals surface area contributed by atoms with Crippen LogP contribution < -0.4 is 4.74 Å². The lowest BCUT2D eigenvalue weighted by Gasteiger charge is -2.03. The van der Waals surface area contributed by atoms with Crippen molar-refractivity contribution in [3.8, 4) is 5.88 Å². The average Bonchev–Trinajstić information content (AvgIpc) is 2.34. The molecule has 66 valence electrons. The van der Waals surface area contributed by atoms with Crippen molar-refractivity contribution in [3.63, 3.8) is 0 Å². The maximum atomic E-state index is 10.8. The van der Waals surface area contributed by atoms with Crippen LogP contribution in [0.1, 0.15) is 17.3 Å². The van der Waals surface area contributed by atoms with Gasteiger partial charge in [-0.15, -0.1) is 0 Å². The van der Waals surface area contributed by atoms with Crippen molar-refractivity contribution in [2.24, 2.45) is 7.05 Å². The predicted octanol–water partition coefficient (Wildman–Crippen LogP) is 1.20. The summed E-state index contributed by atoms with van der Waals surface area (Å²) in [6.45, 7) is 2.31. The van der Waals surface area contributed by atoms with Gasteiger partial charge in [0.05, 0.1) is 12.8 Å². The monoisotopic (exact) mass is 188 g/mol. The zero-order valence-electron chi connectivity index (χ0n) is 6.87. The van der Waals surface area contributed by atoms with Crippen molar-refractivity contribution in [3.05, 3.63) is 11.8 Å². The summed E-state index contributed by atoms with van der Waals surface area (Å²) in [6, 6.07) is 0. The molecule has 0 amide bonds. The molecule has 1 aromatic rings. The molecule has 0 spiro atoms. The Hall–Kier alpha value is -1.03. The highest BCUT2D eigenvalue weighted by Crippen LogP contribution is 2.18. The van der Waals surface area contributed by atoms with E-state index in [9.17, 15) is 4.79 Å². The molecule has 0 fully saturated rings. The van der Waals surface area contributed by atoms with E-state index in [4.69, 9.17) is 16.3 Å². The SMILES string of the molecule is CCOc1c(C(=O)Cl)cnn1C. The van der Waals surface area contributed by atoms with Gasteiger partial charge >= 0.3 is 0 Å². The molecule has 1 rings (SSSR count). The van der Waals surface area contributed by atoms with Crippen LogP contribution in [-0.2, 0) is 7.05 Å². The van der Waals surface area contributed by atoms with E-state index in [0.717, 1.165) is 0 Å². The average molecular weight is 189 g/mol. The summed E-state index contributed by atoms with van der Waals surface area (Å²) >= 11 is 5.29. The van der Waals surface area contributed by atoms with Gasteiger partial charge in [-0.1, -0.05) is 0 Å². The summed E-state index contributed by atoms with van der Waals surface area (Å²) in [6.07, 6.45) is 1.39. The van der Waals surface area contributed by atoms with Crippen LogP contribution in [0.25, 0.3) is 0 Å². The van der Waals surface area contributed by atoms with Crippen molar-refractivity contribution < 1.29 is 9.53 Å². The van der Waals surface area contributed by atoms with Crippen LogP contribution in [0.2, 0.25) is 0 Å². The summed E-state index contributed by atoms with van der Waals surface area (Å²) in [5.74, 6) is 0.414. The molecule has 0 atom stereocenters. The Morgan fingerprint density at radius 2 is 2.50 bits per heavy atom. The molecule has 5 heteroatoms. The highest BCUT2D eigenvalue weighted by molar-refractivity contribution is 6.68. The second-order valence-corrected chi connectivity index (χ2v) is 2.54. The zero-order chi connectivity index (χ0) is 9.14. The van der Waals surface area contributed by atoms with E-state index in [1.54, 1.807) is 7.05 Å². The summed E-state index contributed by atoms with van der Waals surface area (Å²) in [7, 11) is 1.69. The third-order valence-corrected chi connectivity index (χ3v) is 1.58.